The van der Waals surface area contributed by atoms with Crippen molar-refractivity contribution in [1.82, 2.24) is 14.5 Å². The van der Waals surface area contributed by atoms with Gasteiger partial charge in [0.1, 0.15) is 5.01 Å². The Labute approximate surface area is 117 Å². The van der Waals surface area contributed by atoms with Crippen molar-refractivity contribution in [2.24, 2.45) is 0 Å². The number of thiazole rings is 1. The lowest BCUT2D eigenvalue weighted by Crippen LogP contribution is -2.17. The summed E-state index contributed by atoms with van der Waals surface area (Å²) >= 11 is 2.52. The van der Waals surface area contributed by atoms with Crippen LogP contribution in [-0.2, 0) is 4.79 Å². The molecule has 2 rings (SSSR count). The quantitative estimate of drug-likeness (QED) is 0.664. The molecule has 0 amide bonds. The highest BCUT2D eigenvalue weighted by atomic mass is 32.2. The van der Waals surface area contributed by atoms with Gasteiger partial charge in [-0.3, -0.25) is 9.59 Å². The smallest absolute Gasteiger partial charge is 0.313 e. The molecule has 0 aliphatic heterocycles. The summed E-state index contributed by atoms with van der Waals surface area (Å²) in [4.78, 5) is 30.0. The van der Waals surface area contributed by atoms with E-state index in [-0.39, 0.29) is 17.4 Å². The molecule has 8 heteroatoms. The molecule has 1 N–H and O–H groups in total. The van der Waals surface area contributed by atoms with Crippen molar-refractivity contribution in [3.63, 3.8) is 0 Å². The summed E-state index contributed by atoms with van der Waals surface area (Å²) in [5.74, 6) is -1.09. The van der Waals surface area contributed by atoms with Crippen molar-refractivity contribution in [3.8, 4) is 0 Å². The highest BCUT2D eigenvalue weighted by Gasteiger charge is 2.15. The maximum Gasteiger partial charge on any atom is 0.313 e. The molecule has 0 saturated carbocycles. The Morgan fingerprint density at radius 2 is 2.42 bits per heavy atom. The fourth-order valence-electron chi connectivity index (χ4n) is 1.48. The molecule has 0 saturated heterocycles. The van der Waals surface area contributed by atoms with Gasteiger partial charge in [-0.25, -0.2) is 4.98 Å². The van der Waals surface area contributed by atoms with Crippen LogP contribution in [0.4, 0.5) is 0 Å². The molecule has 2 aromatic rings. The zero-order valence-electron chi connectivity index (χ0n) is 10.0. The van der Waals surface area contributed by atoms with Crippen LogP contribution in [-0.4, -0.2) is 31.4 Å². The topological polar surface area (TPSA) is 85.1 Å². The summed E-state index contributed by atoms with van der Waals surface area (Å²) in [7, 11) is 0. The third kappa shape index (κ3) is 3.42. The number of carboxylic acid groups (broad SMARTS) is 1. The van der Waals surface area contributed by atoms with Crippen LogP contribution in [0.1, 0.15) is 18.0 Å². The first-order chi connectivity index (χ1) is 9.08. The largest absolute Gasteiger partial charge is 0.481 e. The number of hydrogen-bond acceptors (Lipinski definition) is 6. The van der Waals surface area contributed by atoms with Crippen LogP contribution in [0.3, 0.4) is 0 Å². The summed E-state index contributed by atoms with van der Waals surface area (Å²) in [5.41, 5.74) is -0.379. The maximum absolute atomic E-state index is 11.3. The van der Waals surface area contributed by atoms with Crippen molar-refractivity contribution >= 4 is 29.1 Å². The number of aromatic nitrogens is 3. The van der Waals surface area contributed by atoms with Crippen LogP contribution >= 0.6 is 23.1 Å². The molecule has 0 bridgehead atoms. The van der Waals surface area contributed by atoms with E-state index >= 15 is 0 Å². The fraction of sp³-hybridized carbons (Fsp3) is 0.273. The Hall–Kier alpha value is -1.67. The van der Waals surface area contributed by atoms with Crippen molar-refractivity contribution in [2.45, 2.75) is 18.1 Å². The molecule has 100 valence electrons. The van der Waals surface area contributed by atoms with Crippen molar-refractivity contribution in [2.75, 3.05) is 5.75 Å². The Balaban J connectivity index is 2.33. The second-order valence-corrected chi connectivity index (χ2v) is 5.55. The minimum atomic E-state index is -0.948. The molecule has 0 radical (unpaired) electrons. The number of carboxylic acids is 1. The molecular weight excluding hydrogens is 286 g/mol. The predicted molar refractivity (Wildman–Crippen MR) is 72.8 cm³/mol. The Morgan fingerprint density at radius 3 is 3.05 bits per heavy atom. The van der Waals surface area contributed by atoms with Gasteiger partial charge in [-0.1, -0.05) is 11.8 Å². The lowest BCUT2D eigenvalue weighted by molar-refractivity contribution is -0.133. The molecule has 0 spiro atoms. The number of rotatable bonds is 5. The molecule has 6 nitrogen and oxygen atoms in total. The predicted octanol–water partition coefficient (Wildman–Crippen LogP) is 1.49. The summed E-state index contributed by atoms with van der Waals surface area (Å²) in [6, 6.07) is 1.26. The Kier molecular flexibility index (Phi) is 4.33. The third-order valence-corrected chi connectivity index (χ3v) is 4.25. The van der Waals surface area contributed by atoms with Gasteiger partial charge in [-0.15, -0.1) is 11.3 Å². The normalized spacial score (nSPS) is 12.3. The summed E-state index contributed by atoms with van der Waals surface area (Å²) in [6.07, 6.45) is 3.32. The summed E-state index contributed by atoms with van der Waals surface area (Å²) in [6.45, 7) is 1.93. The molecule has 1 atom stereocenters. The SMILES string of the molecule is CC(c1nccs1)n1ccc(=O)nc1SCC(=O)O. The highest BCUT2D eigenvalue weighted by Crippen LogP contribution is 2.24. The highest BCUT2D eigenvalue weighted by molar-refractivity contribution is 7.99. The van der Waals surface area contributed by atoms with E-state index in [9.17, 15) is 9.59 Å². The third-order valence-electron chi connectivity index (χ3n) is 2.36. The van der Waals surface area contributed by atoms with E-state index in [4.69, 9.17) is 5.11 Å². The zero-order valence-corrected chi connectivity index (χ0v) is 11.6. The minimum Gasteiger partial charge on any atom is -0.481 e. The van der Waals surface area contributed by atoms with Crippen LogP contribution < -0.4 is 5.56 Å². The first-order valence-corrected chi connectivity index (χ1v) is 7.27. The molecule has 1 unspecified atom stereocenters. The number of aliphatic carboxylic acids is 1. The van der Waals surface area contributed by atoms with Gasteiger partial charge < -0.3 is 9.67 Å². The van der Waals surface area contributed by atoms with Gasteiger partial charge in [0.05, 0.1) is 11.8 Å². The lowest BCUT2D eigenvalue weighted by Gasteiger charge is -2.16. The van der Waals surface area contributed by atoms with Crippen molar-refractivity contribution < 1.29 is 9.90 Å². The summed E-state index contributed by atoms with van der Waals surface area (Å²) < 4.78 is 1.76. The molecule has 19 heavy (non-hydrogen) atoms. The van der Waals surface area contributed by atoms with E-state index in [0.29, 0.717) is 5.16 Å². The Morgan fingerprint density at radius 1 is 1.63 bits per heavy atom. The second-order valence-electron chi connectivity index (χ2n) is 3.68. The number of hydrogen-bond donors (Lipinski definition) is 1. The zero-order chi connectivity index (χ0) is 13.8. The van der Waals surface area contributed by atoms with E-state index in [1.54, 1.807) is 17.0 Å². The van der Waals surface area contributed by atoms with Gasteiger partial charge in [-0.05, 0) is 6.92 Å². The van der Waals surface area contributed by atoms with Crippen LogP contribution in [0, 0.1) is 0 Å². The van der Waals surface area contributed by atoms with E-state index < -0.39 is 5.97 Å². The molecule has 2 heterocycles. The molecule has 0 aliphatic rings. The van der Waals surface area contributed by atoms with Crippen LogP contribution in [0.2, 0.25) is 0 Å². The Bertz CT molecular complexity index is 624. The minimum absolute atomic E-state index is 0.0932. The number of carbonyl (C=O) groups is 1. The van der Waals surface area contributed by atoms with Crippen LogP contribution in [0.15, 0.2) is 33.8 Å². The van der Waals surface area contributed by atoms with Crippen molar-refractivity contribution in [3.05, 3.63) is 39.2 Å². The molecule has 0 fully saturated rings. The van der Waals surface area contributed by atoms with Gasteiger partial charge >= 0.3 is 5.97 Å². The van der Waals surface area contributed by atoms with Crippen LogP contribution in [0.5, 0.6) is 0 Å². The fourth-order valence-corrected chi connectivity index (χ4v) is 2.95. The van der Waals surface area contributed by atoms with Crippen LogP contribution in [0.25, 0.3) is 0 Å². The average molecular weight is 297 g/mol. The summed E-state index contributed by atoms with van der Waals surface area (Å²) in [5, 5.41) is 11.8. The molecule has 0 aliphatic carbocycles. The first kappa shape index (κ1) is 13.8. The molecular formula is C11H11N3O3S2. The number of thioether (sulfide) groups is 1. The van der Waals surface area contributed by atoms with E-state index in [1.165, 1.54) is 17.4 Å². The van der Waals surface area contributed by atoms with E-state index in [0.717, 1.165) is 16.8 Å². The van der Waals surface area contributed by atoms with Gasteiger partial charge in [0.2, 0.25) is 0 Å². The van der Waals surface area contributed by atoms with Crippen molar-refractivity contribution in [1.29, 1.82) is 0 Å². The first-order valence-electron chi connectivity index (χ1n) is 5.41. The standard InChI is InChI=1S/C11H11N3O3S2/c1-7(10-12-3-5-18-10)14-4-2-8(15)13-11(14)19-6-9(16)17/h2-5,7H,6H2,1H3,(H,16,17). The van der Waals surface area contributed by atoms with Gasteiger partial charge in [0, 0.05) is 23.8 Å². The number of nitrogens with zero attached hydrogens (tertiary/aromatic N) is 3. The van der Waals surface area contributed by atoms with E-state index in [2.05, 4.69) is 9.97 Å². The average Bonchev–Trinajstić information content (AvgIpc) is 2.89. The van der Waals surface area contributed by atoms with Gasteiger partial charge in [0.25, 0.3) is 5.56 Å². The van der Waals surface area contributed by atoms with Gasteiger partial charge in [0.15, 0.2) is 5.16 Å². The second kappa shape index (κ2) is 5.98. The molecule has 0 aromatic carbocycles. The molecule has 2 aromatic heterocycles. The monoisotopic (exact) mass is 297 g/mol. The lowest BCUT2D eigenvalue weighted by atomic mass is 10.3. The maximum atomic E-state index is 11.3. The van der Waals surface area contributed by atoms with E-state index in [1.807, 2.05) is 12.3 Å². The van der Waals surface area contributed by atoms with Gasteiger partial charge in [-0.2, -0.15) is 4.98 Å².